The van der Waals surface area contributed by atoms with E-state index in [2.05, 4.69) is 49.9 Å². The monoisotopic (exact) mass is 203 g/mol. The highest BCUT2D eigenvalue weighted by atomic mass is 15.3. The van der Waals surface area contributed by atoms with Crippen LogP contribution in [0.15, 0.2) is 24.3 Å². The van der Waals surface area contributed by atoms with E-state index in [0.29, 0.717) is 0 Å². The van der Waals surface area contributed by atoms with Gasteiger partial charge in [-0.15, -0.1) is 0 Å². The third-order valence-electron chi connectivity index (χ3n) is 3.40. The molecule has 1 aliphatic heterocycles. The fourth-order valence-electron chi connectivity index (χ4n) is 2.28. The summed E-state index contributed by atoms with van der Waals surface area (Å²) >= 11 is 0. The van der Waals surface area contributed by atoms with Crippen LogP contribution in [0, 0.1) is 5.92 Å². The number of hydrogen-bond acceptors (Lipinski definition) is 1. The van der Waals surface area contributed by atoms with Crippen LogP contribution in [-0.2, 0) is 13.0 Å². The molecule has 2 rings (SSSR count). The number of benzene rings is 1. The van der Waals surface area contributed by atoms with Crippen LogP contribution in [-0.4, -0.2) is 17.5 Å². The normalized spacial score (nSPS) is 24.5. The van der Waals surface area contributed by atoms with Gasteiger partial charge in [-0.2, -0.15) is 0 Å². The third kappa shape index (κ3) is 2.40. The molecule has 1 heterocycles. The largest absolute Gasteiger partial charge is 0.293 e. The second-order valence-corrected chi connectivity index (χ2v) is 4.86. The minimum Gasteiger partial charge on any atom is -0.293 e. The Morgan fingerprint density at radius 1 is 1.27 bits per heavy atom. The fraction of sp³-hybridized carbons (Fsp3) is 0.571. The van der Waals surface area contributed by atoms with E-state index in [1.807, 2.05) is 0 Å². The Bertz CT molecular complexity index is 330. The molecule has 0 bridgehead atoms. The lowest BCUT2D eigenvalue weighted by Crippen LogP contribution is -2.08. The van der Waals surface area contributed by atoms with Gasteiger partial charge in [-0.3, -0.25) is 4.90 Å². The molecule has 15 heavy (non-hydrogen) atoms. The first-order valence-corrected chi connectivity index (χ1v) is 6.03. The van der Waals surface area contributed by atoms with Crippen LogP contribution in [0.4, 0.5) is 0 Å². The maximum Gasteiger partial charge on any atom is 0.0250 e. The minimum absolute atomic E-state index is 0.804. The molecular weight excluding hydrogens is 182 g/mol. The predicted molar refractivity (Wildman–Crippen MR) is 64.9 cm³/mol. The summed E-state index contributed by atoms with van der Waals surface area (Å²) in [5.41, 5.74) is 3.02. The van der Waals surface area contributed by atoms with Gasteiger partial charge in [0.1, 0.15) is 0 Å². The Kier molecular flexibility index (Phi) is 3.11. The SMILES string of the molecule is CCc1ccccc1CN1CC1C(C)C. The van der Waals surface area contributed by atoms with Crippen molar-refractivity contribution in [3.63, 3.8) is 0 Å². The van der Waals surface area contributed by atoms with E-state index >= 15 is 0 Å². The summed E-state index contributed by atoms with van der Waals surface area (Å²) in [6.07, 6.45) is 1.15. The molecular formula is C14H21N. The third-order valence-corrected chi connectivity index (χ3v) is 3.40. The van der Waals surface area contributed by atoms with Gasteiger partial charge in [0.15, 0.2) is 0 Å². The molecule has 1 fully saturated rings. The van der Waals surface area contributed by atoms with E-state index in [1.165, 1.54) is 17.7 Å². The molecule has 0 amide bonds. The lowest BCUT2D eigenvalue weighted by molar-refractivity contribution is 0.439. The van der Waals surface area contributed by atoms with Crippen LogP contribution in [0.1, 0.15) is 31.9 Å². The van der Waals surface area contributed by atoms with Gasteiger partial charge < -0.3 is 0 Å². The first kappa shape index (κ1) is 10.7. The van der Waals surface area contributed by atoms with Gasteiger partial charge in [0, 0.05) is 19.1 Å². The molecule has 0 spiro atoms. The van der Waals surface area contributed by atoms with Crippen LogP contribution in [0.2, 0.25) is 0 Å². The van der Waals surface area contributed by atoms with Gasteiger partial charge in [-0.1, -0.05) is 45.0 Å². The molecule has 82 valence electrons. The maximum atomic E-state index is 2.57. The van der Waals surface area contributed by atoms with Crippen molar-refractivity contribution < 1.29 is 0 Å². The highest BCUT2D eigenvalue weighted by Gasteiger charge is 2.35. The summed E-state index contributed by atoms with van der Waals surface area (Å²) in [6.45, 7) is 9.30. The molecule has 0 aliphatic carbocycles. The van der Waals surface area contributed by atoms with Crippen LogP contribution >= 0.6 is 0 Å². The molecule has 1 aromatic rings. The van der Waals surface area contributed by atoms with Crippen molar-refractivity contribution in [3.05, 3.63) is 35.4 Å². The van der Waals surface area contributed by atoms with Gasteiger partial charge in [-0.25, -0.2) is 0 Å². The first-order valence-electron chi connectivity index (χ1n) is 6.03. The molecule has 0 radical (unpaired) electrons. The van der Waals surface area contributed by atoms with Crippen LogP contribution in [0.3, 0.4) is 0 Å². The number of aryl methyl sites for hydroxylation is 1. The van der Waals surface area contributed by atoms with Crippen molar-refractivity contribution in [2.24, 2.45) is 5.92 Å². The van der Waals surface area contributed by atoms with Crippen molar-refractivity contribution in [1.82, 2.24) is 4.90 Å². The van der Waals surface area contributed by atoms with Gasteiger partial charge in [0.2, 0.25) is 0 Å². The molecule has 2 unspecified atom stereocenters. The Labute approximate surface area is 93.1 Å². The molecule has 1 heteroatoms. The zero-order valence-corrected chi connectivity index (χ0v) is 10.0. The topological polar surface area (TPSA) is 3.01 Å². The van der Waals surface area contributed by atoms with E-state index in [1.54, 1.807) is 0 Å². The quantitative estimate of drug-likeness (QED) is 0.680. The molecule has 1 saturated heterocycles. The fourth-order valence-corrected chi connectivity index (χ4v) is 2.28. The van der Waals surface area contributed by atoms with Gasteiger partial charge >= 0.3 is 0 Å². The first-order chi connectivity index (χ1) is 7.22. The van der Waals surface area contributed by atoms with Crippen LogP contribution in [0.25, 0.3) is 0 Å². The molecule has 0 saturated carbocycles. The number of hydrogen-bond donors (Lipinski definition) is 0. The highest BCUT2D eigenvalue weighted by molar-refractivity contribution is 5.27. The Morgan fingerprint density at radius 2 is 1.93 bits per heavy atom. The van der Waals surface area contributed by atoms with Crippen LogP contribution < -0.4 is 0 Å². The van der Waals surface area contributed by atoms with Crippen molar-refractivity contribution in [1.29, 1.82) is 0 Å². The van der Waals surface area contributed by atoms with Crippen molar-refractivity contribution in [2.75, 3.05) is 6.54 Å². The molecule has 0 N–H and O–H groups in total. The van der Waals surface area contributed by atoms with Crippen molar-refractivity contribution in [2.45, 2.75) is 39.8 Å². The van der Waals surface area contributed by atoms with E-state index < -0.39 is 0 Å². The molecule has 1 aliphatic rings. The molecule has 1 aromatic carbocycles. The number of rotatable bonds is 4. The molecule has 1 nitrogen and oxygen atoms in total. The Hall–Kier alpha value is -0.820. The average Bonchev–Trinajstić information content (AvgIpc) is 2.98. The van der Waals surface area contributed by atoms with E-state index in [9.17, 15) is 0 Å². The van der Waals surface area contributed by atoms with Crippen molar-refractivity contribution in [3.8, 4) is 0 Å². The summed E-state index contributed by atoms with van der Waals surface area (Å²) in [5.74, 6) is 0.804. The highest BCUT2D eigenvalue weighted by Crippen LogP contribution is 2.28. The van der Waals surface area contributed by atoms with Gasteiger partial charge in [-0.05, 0) is 23.5 Å². The van der Waals surface area contributed by atoms with Crippen LogP contribution in [0.5, 0.6) is 0 Å². The van der Waals surface area contributed by atoms with E-state index in [-0.39, 0.29) is 0 Å². The Morgan fingerprint density at radius 3 is 2.47 bits per heavy atom. The summed E-state index contributed by atoms with van der Waals surface area (Å²) < 4.78 is 0. The van der Waals surface area contributed by atoms with Crippen molar-refractivity contribution >= 4 is 0 Å². The predicted octanol–water partition coefficient (Wildman–Crippen LogP) is 3.09. The average molecular weight is 203 g/mol. The number of nitrogens with zero attached hydrogens (tertiary/aromatic N) is 1. The van der Waals surface area contributed by atoms with E-state index in [0.717, 1.165) is 24.9 Å². The minimum atomic E-state index is 0.804. The maximum absolute atomic E-state index is 2.57. The summed E-state index contributed by atoms with van der Waals surface area (Å²) in [4.78, 5) is 2.57. The standard InChI is InChI=1S/C14H21N/c1-4-12-7-5-6-8-13(12)9-15-10-14(15)11(2)3/h5-8,11,14H,4,9-10H2,1-3H3. The summed E-state index contributed by atoms with van der Waals surface area (Å²) in [7, 11) is 0. The second-order valence-electron chi connectivity index (χ2n) is 4.86. The molecule has 2 atom stereocenters. The lowest BCUT2D eigenvalue weighted by atomic mass is 10.1. The zero-order chi connectivity index (χ0) is 10.8. The summed E-state index contributed by atoms with van der Waals surface area (Å²) in [6, 6.07) is 9.65. The Balaban J connectivity index is 2.00. The summed E-state index contributed by atoms with van der Waals surface area (Å²) in [5, 5.41) is 0. The van der Waals surface area contributed by atoms with Gasteiger partial charge in [0.25, 0.3) is 0 Å². The zero-order valence-electron chi connectivity index (χ0n) is 10.0. The second kappa shape index (κ2) is 4.36. The molecule has 0 aromatic heterocycles. The van der Waals surface area contributed by atoms with E-state index in [4.69, 9.17) is 0 Å². The van der Waals surface area contributed by atoms with Gasteiger partial charge in [0.05, 0.1) is 0 Å². The lowest BCUT2D eigenvalue weighted by Gasteiger charge is -2.10. The smallest absolute Gasteiger partial charge is 0.0250 e.